The van der Waals surface area contributed by atoms with Gasteiger partial charge in [-0.15, -0.1) is 0 Å². The number of rotatable bonds is 3. The molecule has 0 bridgehead atoms. The van der Waals surface area contributed by atoms with Crippen LogP contribution in [0.5, 0.6) is 11.5 Å². The molecule has 19 heavy (non-hydrogen) atoms. The molecule has 1 heterocycles. The highest BCUT2D eigenvalue weighted by atomic mass is 16.7. The number of hydrogen-bond donors (Lipinski definition) is 1. The van der Waals surface area contributed by atoms with Gasteiger partial charge in [-0.25, -0.2) is 0 Å². The molecule has 2 aliphatic rings. The van der Waals surface area contributed by atoms with Crippen LogP contribution in [0.4, 0.5) is 5.69 Å². The zero-order valence-electron chi connectivity index (χ0n) is 11.0. The van der Waals surface area contributed by atoms with Crippen LogP contribution in [0.1, 0.15) is 38.5 Å². The number of benzene rings is 1. The number of ether oxygens (including phenoxy) is 2. The second-order valence-corrected chi connectivity index (χ2v) is 5.32. The Labute approximate surface area is 113 Å². The van der Waals surface area contributed by atoms with Crippen molar-refractivity contribution < 1.29 is 14.3 Å². The van der Waals surface area contributed by atoms with Crippen LogP contribution in [0.25, 0.3) is 0 Å². The molecule has 4 heteroatoms. The van der Waals surface area contributed by atoms with Crippen molar-refractivity contribution in [2.24, 2.45) is 5.92 Å². The third kappa shape index (κ3) is 3.00. The Kier molecular flexibility index (Phi) is 3.58. The van der Waals surface area contributed by atoms with Gasteiger partial charge in [-0.3, -0.25) is 4.79 Å². The summed E-state index contributed by atoms with van der Waals surface area (Å²) in [5, 5.41) is 2.94. The maximum Gasteiger partial charge on any atom is 0.231 e. The Morgan fingerprint density at radius 2 is 1.95 bits per heavy atom. The van der Waals surface area contributed by atoms with Gasteiger partial charge in [0.05, 0.1) is 0 Å². The molecule has 102 valence electrons. The first kappa shape index (κ1) is 12.3. The standard InChI is InChI=1S/C15H19NO3/c17-15(8-11-4-2-1-3-5-11)16-12-6-7-13-14(9-12)19-10-18-13/h6-7,9,11H,1-5,8,10H2,(H,16,17). The summed E-state index contributed by atoms with van der Waals surface area (Å²) >= 11 is 0. The van der Waals surface area contributed by atoms with Gasteiger partial charge in [0.25, 0.3) is 0 Å². The molecule has 1 fully saturated rings. The van der Waals surface area contributed by atoms with E-state index in [1.165, 1.54) is 32.1 Å². The number of hydrogen-bond acceptors (Lipinski definition) is 3. The van der Waals surface area contributed by atoms with E-state index in [0.717, 1.165) is 11.4 Å². The number of amides is 1. The second kappa shape index (κ2) is 5.51. The van der Waals surface area contributed by atoms with E-state index in [0.29, 0.717) is 18.1 Å². The van der Waals surface area contributed by atoms with Gasteiger partial charge in [-0.1, -0.05) is 19.3 Å². The summed E-state index contributed by atoms with van der Waals surface area (Å²) in [5.74, 6) is 2.11. The monoisotopic (exact) mass is 261 g/mol. The molecule has 1 aliphatic carbocycles. The molecule has 0 radical (unpaired) electrons. The van der Waals surface area contributed by atoms with E-state index in [2.05, 4.69) is 5.32 Å². The summed E-state index contributed by atoms with van der Waals surface area (Å²) in [5.41, 5.74) is 0.782. The van der Waals surface area contributed by atoms with Crippen molar-refractivity contribution in [3.63, 3.8) is 0 Å². The minimum Gasteiger partial charge on any atom is -0.454 e. The van der Waals surface area contributed by atoms with Crippen molar-refractivity contribution >= 4 is 11.6 Å². The molecule has 4 nitrogen and oxygen atoms in total. The van der Waals surface area contributed by atoms with Gasteiger partial charge in [0.1, 0.15) is 0 Å². The summed E-state index contributed by atoms with van der Waals surface area (Å²) < 4.78 is 10.5. The molecule has 0 aromatic heterocycles. The van der Waals surface area contributed by atoms with Gasteiger partial charge >= 0.3 is 0 Å². The lowest BCUT2D eigenvalue weighted by atomic mass is 9.87. The average Bonchev–Trinajstić information content (AvgIpc) is 2.87. The maximum absolute atomic E-state index is 12.0. The minimum atomic E-state index is 0.103. The number of fused-ring (bicyclic) bond motifs is 1. The molecule has 1 aromatic carbocycles. The smallest absolute Gasteiger partial charge is 0.231 e. The number of anilines is 1. The van der Waals surface area contributed by atoms with Crippen molar-refractivity contribution in [2.45, 2.75) is 38.5 Å². The summed E-state index contributed by atoms with van der Waals surface area (Å²) in [6.07, 6.45) is 6.86. The van der Waals surface area contributed by atoms with Crippen LogP contribution in [-0.4, -0.2) is 12.7 Å². The van der Waals surface area contributed by atoms with E-state index in [1.54, 1.807) is 0 Å². The number of carbonyl (C=O) groups is 1. The van der Waals surface area contributed by atoms with E-state index in [1.807, 2.05) is 18.2 Å². The van der Waals surface area contributed by atoms with Gasteiger partial charge in [-0.05, 0) is 30.9 Å². The molecule has 1 N–H and O–H groups in total. The largest absolute Gasteiger partial charge is 0.454 e. The van der Waals surface area contributed by atoms with E-state index < -0.39 is 0 Å². The van der Waals surface area contributed by atoms with Crippen LogP contribution in [0, 0.1) is 5.92 Å². The Bertz CT molecular complexity index is 466. The molecule has 1 saturated carbocycles. The molecule has 0 saturated heterocycles. The highest BCUT2D eigenvalue weighted by molar-refractivity contribution is 5.91. The predicted molar refractivity (Wildman–Crippen MR) is 72.4 cm³/mol. The molecule has 0 atom stereocenters. The highest BCUT2D eigenvalue weighted by Gasteiger charge is 2.18. The van der Waals surface area contributed by atoms with Crippen molar-refractivity contribution in [1.82, 2.24) is 0 Å². The van der Waals surface area contributed by atoms with Crippen LogP contribution < -0.4 is 14.8 Å². The fourth-order valence-electron chi connectivity index (χ4n) is 2.84. The number of carbonyl (C=O) groups excluding carboxylic acids is 1. The lowest BCUT2D eigenvalue weighted by Gasteiger charge is -2.20. The van der Waals surface area contributed by atoms with Crippen LogP contribution in [0.3, 0.4) is 0 Å². The molecule has 0 spiro atoms. The van der Waals surface area contributed by atoms with Crippen LogP contribution in [0.2, 0.25) is 0 Å². The van der Waals surface area contributed by atoms with Crippen LogP contribution >= 0.6 is 0 Å². The second-order valence-electron chi connectivity index (χ2n) is 5.32. The molecule has 1 amide bonds. The van der Waals surface area contributed by atoms with Gasteiger partial charge in [0.15, 0.2) is 11.5 Å². The SMILES string of the molecule is O=C(CC1CCCCC1)Nc1ccc2c(c1)OCO2. The molecule has 0 unspecified atom stereocenters. The van der Waals surface area contributed by atoms with Crippen LogP contribution in [0.15, 0.2) is 18.2 Å². The Morgan fingerprint density at radius 3 is 2.79 bits per heavy atom. The highest BCUT2D eigenvalue weighted by Crippen LogP contribution is 2.34. The van der Waals surface area contributed by atoms with E-state index in [4.69, 9.17) is 9.47 Å². The summed E-state index contributed by atoms with van der Waals surface area (Å²) in [6.45, 7) is 0.259. The van der Waals surface area contributed by atoms with E-state index in [9.17, 15) is 4.79 Å². The Hall–Kier alpha value is -1.71. The third-order valence-corrected chi connectivity index (χ3v) is 3.86. The summed E-state index contributed by atoms with van der Waals surface area (Å²) in [7, 11) is 0. The normalized spacial score (nSPS) is 18.3. The van der Waals surface area contributed by atoms with Crippen LogP contribution in [-0.2, 0) is 4.79 Å². The van der Waals surface area contributed by atoms with Gasteiger partial charge in [-0.2, -0.15) is 0 Å². The molecule has 1 aliphatic heterocycles. The number of nitrogens with one attached hydrogen (secondary N) is 1. The molecular weight excluding hydrogens is 242 g/mol. The van der Waals surface area contributed by atoms with Gasteiger partial charge in [0.2, 0.25) is 12.7 Å². The predicted octanol–water partition coefficient (Wildman–Crippen LogP) is 3.32. The topological polar surface area (TPSA) is 47.6 Å². The lowest BCUT2D eigenvalue weighted by Crippen LogP contribution is -2.18. The van der Waals surface area contributed by atoms with Crippen molar-refractivity contribution in [3.05, 3.63) is 18.2 Å². The molecular formula is C15H19NO3. The lowest BCUT2D eigenvalue weighted by molar-refractivity contribution is -0.117. The van der Waals surface area contributed by atoms with Crippen molar-refractivity contribution in [1.29, 1.82) is 0 Å². The molecule has 1 aromatic rings. The third-order valence-electron chi connectivity index (χ3n) is 3.86. The first-order valence-corrected chi connectivity index (χ1v) is 7.01. The fraction of sp³-hybridized carbons (Fsp3) is 0.533. The van der Waals surface area contributed by atoms with Gasteiger partial charge in [0, 0.05) is 18.2 Å². The first-order valence-electron chi connectivity index (χ1n) is 7.01. The van der Waals surface area contributed by atoms with Gasteiger partial charge < -0.3 is 14.8 Å². The fourth-order valence-corrected chi connectivity index (χ4v) is 2.84. The quantitative estimate of drug-likeness (QED) is 0.908. The van der Waals surface area contributed by atoms with Crippen molar-refractivity contribution in [2.75, 3.05) is 12.1 Å². The summed E-state index contributed by atoms with van der Waals surface area (Å²) in [6, 6.07) is 5.51. The average molecular weight is 261 g/mol. The van der Waals surface area contributed by atoms with Crippen molar-refractivity contribution in [3.8, 4) is 11.5 Å². The van der Waals surface area contributed by atoms with E-state index >= 15 is 0 Å². The molecule has 3 rings (SSSR count). The first-order chi connectivity index (χ1) is 9.31. The zero-order valence-corrected chi connectivity index (χ0v) is 11.0. The Morgan fingerprint density at radius 1 is 1.16 bits per heavy atom. The summed E-state index contributed by atoms with van der Waals surface area (Å²) in [4.78, 5) is 12.0. The van der Waals surface area contributed by atoms with E-state index in [-0.39, 0.29) is 12.7 Å². The Balaban J connectivity index is 1.56. The zero-order chi connectivity index (χ0) is 13.1. The maximum atomic E-state index is 12.0. The minimum absolute atomic E-state index is 0.103.